The Morgan fingerprint density at radius 1 is 1.09 bits per heavy atom. The van der Waals surface area contributed by atoms with E-state index in [-0.39, 0.29) is 22.8 Å². The number of benzene rings is 1. The van der Waals surface area contributed by atoms with E-state index in [1.54, 1.807) is 9.80 Å². The number of nitrogens with zero attached hydrogens (tertiary/aromatic N) is 4. The lowest BCUT2D eigenvalue weighted by Gasteiger charge is -2.36. The van der Waals surface area contributed by atoms with Gasteiger partial charge in [-0.25, -0.2) is 17.2 Å². The summed E-state index contributed by atoms with van der Waals surface area (Å²) in [5, 5.41) is 2.84. The van der Waals surface area contributed by atoms with Gasteiger partial charge < -0.3 is 15.1 Å². The standard InChI is InChI=1S/C19H20F5N5O3S2/c1-34(31,32)15-9-11(20)14(8-12(15)21)25-13-4-7-29(16(13)30)10-2-5-28(6-3-10)18-26-17(27-33-18)19(22,23)24/h8-10,13,25H,2-7H2,1H3/t13-/m0/s1. The molecular formula is C19H20F5N5O3S2. The van der Waals surface area contributed by atoms with Crippen molar-refractivity contribution in [2.75, 3.05) is 36.1 Å². The molecule has 186 valence electrons. The molecule has 8 nitrogen and oxygen atoms in total. The minimum Gasteiger partial charge on any atom is -0.371 e. The van der Waals surface area contributed by atoms with E-state index in [1.807, 2.05) is 0 Å². The van der Waals surface area contributed by atoms with Crippen molar-refractivity contribution < 1.29 is 35.2 Å². The van der Waals surface area contributed by atoms with E-state index in [9.17, 15) is 35.2 Å². The largest absolute Gasteiger partial charge is 0.452 e. The second-order valence-electron chi connectivity index (χ2n) is 8.17. The van der Waals surface area contributed by atoms with Crippen molar-refractivity contribution in [3.05, 3.63) is 29.6 Å². The van der Waals surface area contributed by atoms with Crippen LogP contribution in [-0.2, 0) is 20.8 Å². The number of anilines is 2. The van der Waals surface area contributed by atoms with Crippen LogP contribution in [0.25, 0.3) is 0 Å². The molecule has 1 atom stereocenters. The SMILES string of the molecule is CS(=O)(=O)c1cc(F)c(N[C@H]2CCN(C3CCN(c4nc(C(F)(F)F)ns4)CC3)C2=O)cc1F. The van der Waals surface area contributed by atoms with Crippen molar-refractivity contribution in [1.82, 2.24) is 14.3 Å². The summed E-state index contributed by atoms with van der Waals surface area (Å²) in [5.74, 6) is -3.59. The number of carbonyl (C=O) groups excluding carboxylic acids is 1. The van der Waals surface area contributed by atoms with Gasteiger partial charge in [0, 0.05) is 49.5 Å². The Morgan fingerprint density at radius 3 is 2.35 bits per heavy atom. The lowest BCUT2D eigenvalue weighted by Crippen LogP contribution is -2.47. The highest BCUT2D eigenvalue weighted by Gasteiger charge is 2.39. The minimum absolute atomic E-state index is 0.153. The van der Waals surface area contributed by atoms with Crippen molar-refractivity contribution in [2.45, 2.75) is 42.4 Å². The van der Waals surface area contributed by atoms with Crippen LogP contribution in [0.1, 0.15) is 25.1 Å². The Balaban J connectivity index is 1.37. The Labute approximate surface area is 195 Å². The number of nitrogens with one attached hydrogen (secondary N) is 1. The summed E-state index contributed by atoms with van der Waals surface area (Å²) in [7, 11) is -3.95. The summed E-state index contributed by atoms with van der Waals surface area (Å²) in [5.41, 5.74) is -0.309. The molecule has 1 amide bonds. The molecule has 0 bridgehead atoms. The van der Waals surface area contributed by atoms with Crippen LogP contribution in [0, 0.1) is 11.6 Å². The monoisotopic (exact) mass is 525 g/mol. The minimum atomic E-state index is -4.61. The number of hydrogen-bond donors (Lipinski definition) is 1. The number of halogens is 5. The van der Waals surface area contributed by atoms with Gasteiger partial charge in [-0.3, -0.25) is 4.79 Å². The lowest BCUT2D eigenvalue weighted by molar-refractivity contribution is -0.144. The van der Waals surface area contributed by atoms with Crippen molar-refractivity contribution in [3.63, 3.8) is 0 Å². The average Bonchev–Trinajstić information content (AvgIpc) is 3.38. The number of hydrogen-bond acceptors (Lipinski definition) is 8. The number of rotatable bonds is 5. The molecular weight excluding hydrogens is 505 g/mol. The Kier molecular flexibility index (Phi) is 6.44. The van der Waals surface area contributed by atoms with E-state index in [1.165, 1.54) is 0 Å². The van der Waals surface area contributed by atoms with Crippen molar-refractivity contribution in [2.24, 2.45) is 0 Å². The van der Waals surface area contributed by atoms with E-state index >= 15 is 0 Å². The molecule has 2 aliphatic rings. The maximum Gasteiger partial charge on any atom is 0.452 e. The molecule has 0 spiro atoms. The van der Waals surface area contributed by atoms with Gasteiger partial charge in [0.15, 0.2) is 9.84 Å². The first-order valence-electron chi connectivity index (χ1n) is 10.3. The van der Waals surface area contributed by atoms with Crippen LogP contribution in [0.15, 0.2) is 17.0 Å². The van der Waals surface area contributed by atoms with Crippen LogP contribution >= 0.6 is 11.5 Å². The van der Waals surface area contributed by atoms with E-state index in [0.29, 0.717) is 56.5 Å². The third kappa shape index (κ3) is 4.94. The maximum atomic E-state index is 14.4. The number of carbonyl (C=O) groups is 1. The zero-order chi connectivity index (χ0) is 24.8. The molecule has 0 aliphatic carbocycles. The third-order valence-electron chi connectivity index (χ3n) is 5.84. The number of aromatic nitrogens is 2. The van der Waals surface area contributed by atoms with Gasteiger partial charge in [0.05, 0.1) is 5.69 Å². The summed E-state index contributed by atoms with van der Waals surface area (Å²) in [6.45, 7) is 1.17. The molecule has 2 aromatic rings. The van der Waals surface area contributed by atoms with Crippen LogP contribution < -0.4 is 10.2 Å². The first-order chi connectivity index (χ1) is 15.8. The van der Waals surface area contributed by atoms with Crippen molar-refractivity contribution >= 4 is 38.1 Å². The molecule has 15 heteroatoms. The topological polar surface area (TPSA) is 95.5 Å². The molecule has 0 radical (unpaired) electrons. The van der Waals surface area contributed by atoms with Gasteiger partial charge in [0.25, 0.3) is 0 Å². The lowest BCUT2D eigenvalue weighted by atomic mass is 10.0. The zero-order valence-electron chi connectivity index (χ0n) is 17.8. The second kappa shape index (κ2) is 8.91. The van der Waals surface area contributed by atoms with Crippen molar-refractivity contribution in [3.8, 4) is 0 Å². The Hall–Kier alpha value is -2.55. The number of sulfone groups is 1. The average molecular weight is 526 g/mol. The quantitative estimate of drug-likeness (QED) is 0.600. The van der Waals surface area contributed by atoms with Crippen molar-refractivity contribution in [1.29, 1.82) is 0 Å². The summed E-state index contributed by atoms with van der Waals surface area (Å²) in [6, 6.07) is 0.336. The molecule has 3 heterocycles. The molecule has 1 aromatic carbocycles. The second-order valence-corrected chi connectivity index (χ2v) is 10.9. The van der Waals surface area contributed by atoms with Crippen LogP contribution in [-0.4, -0.2) is 66.6 Å². The van der Waals surface area contributed by atoms with Crippen LogP contribution in [0.5, 0.6) is 0 Å². The van der Waals surface area contributed by atoms with E-state index in [4.69, 9.17) is 0 Å². The molecule has 4 rings (SSSR count). The van der Waals surface area contributed by atoms with E-state index < -0.39 is 44.4 Å². The van der Waals surface area contributed by atoms with Gasteiger partial charge in [-0.1, -0.05) is 0 Å². The zero-order valence-corrected chi connectivity index (χ0v) is 19.4. The third-order valence-corrected chi connectivity index (χ3v) is 7.72. The van der Waals surface area contributed by atoms with Gasteiger partial charge >= 0.3 is 6.18 Å². The van der Waals surface area contributed by atoms with Gasteiger partial charge in [0.1, 0.15) is 22.6 Å². The summed E-state index contributed by atoms with van der Waals surface area (Å²) in [4.78, 5) is 19.0. The fourth-order valence-corrected chi connectivity index (χ4v) is 5.61. The van der Waals surface area contributed by atoms with E-state index in [2.05, 4.69) is 14.7 Å². The predicted octanol–water partition coefficient (Wildman–Crippen LogP) is 2.92. The summed E-state index contributed by atoms with van der Waals surface area (Å²) >= 11 is 0.674. The van der Waals surface area contributed by atoms with Gasteiger partial charge in [0.2, 0.25) is 16.9 Å². The van der Waals surface area contributed by atoms with E-state index in [0.717, 1.165) is 12.3 Å². The first-order valence-corrected chi connectivity index (χ1v) is 12.9. The fraction of sp³-hybridized carbons (Fsp3) is 0.526. The molecule has 0 unspecified atom stereocenters. The first kappa shape index (κ1) is 24.6. The van der Waals surface area contributed by atoms with Gasteiger partial charge in [-0.05, 0) is 25.3 Å². The Morgan fingerprint density at radius 2 is 1.76 bits per heavy atom. The highest BCUT2D eigenvalue weighted by Crippen LogP contribution is 2.33. The van der Waals surface area contributed by atoms with Crippen LogP contribution in [0.3, 0.4) is 0 Å². The maximum absolute atomic E-state index is 14.4. The Bertz CT molecular complexity index is 1200. The molecule has 2 saturated heterocycles. The van der Waals surface area contributed by atoms with Crippen LogP contribution in [0.4, 0.5) is 32.8 Å². The fourth-order valence-electron chi connectivity index (χ4n) is 4.14. The molecule has 34 heavy (non-hydrogen) atoms. The number of amides is 1. The summed E-state index contributed by atoms with van der Waals surface area (Å²) < 4.78 is 93.2. The highest BCUT2D eigenvalue weighted by molar-refractivity contribution is 7.90. The van der Waals surface area contributed by atoms with Gasteiger partial charge in [-0.15, -0.1) is 0 Å². The smallest absolute Gasteiger partial charge is 0.371 e. The number of alkyl halides is 3. The summed E-state index contributed by atoms with van der Waals surface area (Å²) in [6.07, 6.45) is -2.50. The van der Waals surface area contributed by atoms with Gasteiger partial charge in [-0.2, -0.15) is 22.5 Å². The number of piperidine rings is 1. The molecule has 1 N–H and O–H groups in total. The van der Waals surface area contributed by atoms with Crippen LogP contribution in [0.2, 0.25) is 0 Å². The molecule has 2 fully saturated rings. The highest BCUT2D eigenvalue weighted by atomic mass is 32.2. The normalized spacial score (nSPS) is 20.3. The number of likely N-dealkylation sites (tertiary alicyclic amines) is 1. The molecule has 2 aliphatic heterocycles. The molecule has 0 saturated carbocycles. The molecule has 1 aromatic heterocycles. The predicted molar refractivity (Wildman–Crippen MR) is 113 cm³/mol.